The molecule has 2 rings (SSSR count). The topological polar surface area (TPSA) is 52.2 Å². The van der Waals surface area contributed by atoms with Crippen molar-refractivity contribution in [1.29, 1.82) is 0 Å². The summed E-state index contributed by atoms with van der Waals surface area (Å²) in [6.45, 7) is 0. The van der Waals surface area contributed by atoms with Crippen LogP contribution >= 0.6 is 0 Å². The Morgan fingerprint density at radius 1 is 1.06 bits per heavy atom. The SMILES string of the molecule is C[S+]([O-])c1ccccc1C(=O)Nc1ccccc1. The van der Waals surface area contributed by atoms with E-state index < -0.39 is 11.2 Å². The van der Waals surface area contributed by atoms with Crippen LogP contribution in [0, 0.1) is 0 Å². The second-order valence-electron chi connectivity index (χ2n) is 3.77. The van der Waals surface area contributed by atoms with Gasteiger partial charge in [0.15, 0.2) is 4.90 Å². The highest BCUT2D eigenvalue weighted by atomic mass is 32.2. The number of carbonyl (C=O) groups excluding carboxylic acids is 1. The van der Waals surface area contributed by atoms with Crippen LogP contribution in [0.15, 0.2) is 59.5 Å². The second kappa shape index (κ2) is 5.71. The standard InChI is InChI=1S/C14H13NO2S/c1-18(17)13-10-6-5-9-12(13)14(16)15-11-7-3-2-4-8-11/h2-10H,1H3,(H,15,16). The highest BCUT2D eigenvalue weighted by Gasteiger charge is 2.17. The smallest absolute Gasteiger partial charge is 0.260 e. The van der Waals surface area contributed by atoms with E-state index in [1.807, 2.05) is 30.3 Å². The monoisotopic (exact) mass is 259 g/mol. The van der Waals surface area contributed by atoms with Gasteiger partial charge in [-0.05, 0) is 35.4 Å². The fourth-order valence-electron chi connectivity index (χ4n) is 1.62. The maximum atomic E-state index is 12.1. The molecule has 0 spiro atoms. The van der Waals surface area contributed by atoms with Gasteiger partial charge < -0.3 is 9.87 Å². The first-order chi connectivity index (χ1) is 8.68. The molecule has 3 nitrogen and oxygen atoms in total. The fourth-order valence-corrected chi connectivity index (χ4v) is 2.37. The summed E-state index contributed by atoms with van der Waals surface area (Å²) in [6.07, 6.45) is 1.56. The highest BCUT2D eigenvalue weighted by molar-refractivity contribution is 7.90. The van der Waals surface area contributed by atoms with Crippen molar-refractivity contribution in [1.82, 2.24) is 0 Å². The van der Waals surface area contributed by atoms with Crippen LogP contribution in [0.4, 0.5) is 5.69 Å². The first kappa shape index (κ1) is 12.7. The first-order valence-electron chi connectivity index (χ1n) is 5.47. The van der Waals surface area contributed by atoms with Gasteiger partial charge in [0.05, 0.1) is 5.56 Å². The van der Waals surface area contributed by atoms with E-state index in [1.54, 1.807) is 30.5 Å². The predicted molar refractivity (Wildman–Crippen MR) is 73.2 cm³/mol. The van der Waals surface area contributed by atoms with Crippen LogP contribution < -0.4 is 5.32 Å². The quantitative estimate of drug-likeness (QED) is 0.862. The Bertz CT molecular complexity index is 541. The van der Waals surface area contributed by atoms with Crippen molar-refractivity contribution in [2.75, 3.05) is 11.6 Å². The summed E-state index contributed by atoms with van der Waals surface area (Å²) in [5.41, 5.74) is 1.17. The fraction of sp³-hybridized carbons (Fsp3) is 0.0714. The average molecular weight is 259 g/mol. The number of carbonyl (C=O) groups is 1. The molecule has 4 heteroatoms. The Morgan fingerprint density at radius 3 is 2.33 bits per heavy atom. The second-order valence-corrected chi connectivity index (χ2v) is 5.12. The zero-order chi connectivity index (χ0) is 13.0. The van der Waals surface area contributed by atoms with Gasteiger partial charge in [-0.1, -0.05) is 30.3 Å². The molecule has 0 aliphatic carbocycles. The van der Waals surface area contributed by atoms with Crippen molar-refractivity contribution in [3.8, 4) is 0 Å². The number of hydrogen-bond donors (Lipinski definition) is 1. The van der Waals surface area contributed by atoms with Crippen molar-refractivity contribution in [2.24, 2.45) is 0 Å². The van der Waals surface area contributed by atoms with Gasteiger partial charge in [-0.25, -0.2) is 0 Å². The van der Waals surface area contributed by atoms with Crippen molar-refractivity contribution in [2.45, 2.75) is 4.90 Å². The molecule has 1 N–H and O–H groups in total. The Labute approximate surface area is 109 Å². The van der Waals surface area contributed by atoms with Crippen LogP contribution in [0.25, 0.3) is 0 Å². The summed E-state index contributed by atoms with van der Waals surface area (Å²) in [5, 5.41) is 2.78. The molecule has 0 fully saturated rings. The molecule has 0 saturated carbocycles. The zero-order valence-corrected chi connectivity index (χ0v) is 10.7. The molecular weight excluding hydrogens is 246 g/mol. The molecule has 2 aromatic carbocycles. The van der Waals surface area contributed by atoms with Crippen molar-refractivity contribution >= 4 is 22.8 Å². The lowest BCUT2D eigenvalue weighted by molar-refractivity contribution is 0.102. The molecule has 0 heterocycles. The number of rotatable bonds is 3. The molecule has 1 atom stereocenters. The molecular formula is C14H13NO2S. The van der Waals surface area contributed by atoms with Gasteiger partial charge in [0.25, 0.3) is 5.91 Å². The third kappa shape index (κ3) is 2.91. The van der Waals surface area contributed by atoms with Crippen LogP contribution in [0.3, 0.4) is 0 Å². The summed E-state index contributed by atoms with van der Waals surface area (Å²) in [5.74, 6) is -0.244. The maximum absolute atomic E-state index is 12.1. The molecule has 0 saturated heterocycles. The number of hydrogen-bond acceptors (Lipinski definition) is 2. The number of benzene rings is 2. The maximum Gasteiger partial charge on any atom is 0.260 e. The summed E-state index contributed by atoms with van der Waals surface area (Å²) < 4.78 is 11.6. The Morgan fingerprint density at radius 2 is 1.67 bits per heavy atom. The minimum atomic E-state index is -1.18. The normalized spacial score (nSPS) is 11.9. The summed E-state index contributed by atoms with van der Waals surface area (Å²) >= 11 is -1.18. The lowest BCUT2D eigenvalue weighted by Gasteiger charge is -2.10. The molecule has 1 unspecified atom stereocenters. The Hall–Kier alpha value is -1.78. The third-order valence-corrected chi connectivity index (χ3v) is 3.45. The lowest BCUT2D eigenvalue weighted by Crippen LogP contribution is -2.15. The number of amides is 1. The lowest BCUT2D eigenvalue weighted by atomic mass is 10.2. The van der Waals surface area contributed by atoms with E-state index in [2.05, 4.69) is 5.32 Å². The molecule has 0 aliphatic rings. The molecule has 1 amide bonds. The van der Waals surface area contributed by atoms with Crippen molar-refractivity contribution in [3.05, 3.63) is 60.2 Å². The average Bonchev–Trinajstić information content (AvgIpc) is 2.40. The van der Waals surface area contributed by atoms with Crippen LogP contribution in [-0.4, -0.2) is 16.7 Å². The van der Waals surface area contributed by atoms with Gasteiger partial charge in [-0.15, -0.1) is 0 Å². The van der Waals surface area contributed by atoms with Gasteiger partial charge >= 0.3 is 0 Å². The van der Waals surface area contributed by atoms with E-state index in [9.17, 15) is 9.35 Å². The van der Waals surface area contributed by atoms with E-state index >= 15 is 0 Å². The number of para-hydroxylation sites is 1. The van der Waals surface area contributed by atoms with Crippen LogP contribution in [0.2, 0.25) is 0 Å². The Balaban J connectivity index is 2.24. The number of anilines is 1. The summed E-state index contributed by atoms with van der Waals surface area (Å²) in [6, 6.07) is 16.1. The molecule has 0 aromatic heterocycles. The third-order valence-electron chi connectivity index (χ3n) is 2.47. The molecule has 2 aromatic rings. The van der Waals surface area contributed by atoms with Gasteiger partial charge in [0, 0.05) is 5.69 Å². The van der Waals surface area contributed by atoms with E-state index in [4.69, 9.17) is 0 Å². The summed E-state index contributed by atoms with van der Waals surface area (Å²) in [4.78, 5) is 12.6. The van der Waals surface area contributed by atoms with Gasteiger partial charge in [0.2, 0.25) is 0 Å². The van der Waals surface area contributed by atoms with Crippen molar-refractivity contribution in [3.63, 3.8) is 0 Å². The van der Waals surface area contributed by atoms with Gasteiger partial charge in [-0.2, -0.15) is 0 Å². The molecule has 0 aliphatic heterocycles. The molecule has 0 bridgehead atoms. The zero-order valence-electron chi connectivity index (χ0n) is 9.92. The highest BCUT2D eigenvalue weighted by Crippen LogP contribution is 2.17. The minimum Gasteiger partial charge on any atom is -0.612 e. The van der Waals surface area contributed by atoms with E-state index in [1.165, 1.54) is 0 Å². The van der Waals surface area contributed by atoms with Crippen molar-refractivity contribution < 1.29 is 9.35 Å². The molecule has 92 valence electrons. The predicted octanol–water partition coefficient (Wildman–Crippen LogP) is 2.68. The van der Waals surface area contributed by atoms with Crippen LogP contribution in [0.5, 0.6) is 0 Å². The van der Waals surface area contributed by atoms with Crippen LogP contribution in [-0.2, 0) is 11.2 Å². The molecule has 0 radical (unpaired) electrons. The minimum absolute atomic E-state index is 0.244. The van der Waals surface area contributed by atoms with E-state index in [0.717, 1.165) is 5.69 Å². The van der Waals surface area contributed by atoms with Gasteiger partial charge in [-0.3, -0.25) is 4.79 Å². The van der Waals surface area contributed by atoms with Gasteiger partial charge in [0.1, 0.15) is 6.26 Å². The Kier molecular flexibility index (Phi) is 4.02. The molecule has 18 heavy (non-hydrogen) atoms. The van der Waals surface area contributed by atoms with Crippen LogP contribution in [0.1, 0.15) is 10.4 Å². The number of nitrogens with one attached hydrogen (secondary N) is 1. The first-order valence-corrected chi connectivity index (χ1v) is 7.03. The largest absolute Gasteiger partial charge is 0.612 e. The van der Waals surface area contributed by atoms with E-state index in [0.29, 0.717) is 10.5 Å². The van der Waals surface area contributed by atoms with E-state index in [-0.39, 0.29) is 5.91 Å². The summed E-state index contributed by atoms with van der Waals surface area (Å²) in [7, 11) is 0.